The van der Waals surface area contributed by atoms with Gasteiger partial charge in [0.05, 0.1) is 18.2 Å². The molecule has 0 aliphatic carbocycles. The van der Waals surface area contributed by atoms with E-state index in [1.54, 1.807) is 24.3 Å². The first-order chi connectivity index (χ1) is 24.9. The van der Waals surface area contributed by atoms with Crippen LogP contribution in [0.25, 0.3) is 0 Å². The molecule has 266 valence electrons. The van der Waals surface area contributed by atoms with Crippen molar-refractivity contribution >= 4 is 11.9 Å². The van der Waals surface area contributed by atoms with E-state index < -0.39 is 11.9 Å². The second kappa shape index (κ2) is 20.2. The maximum absolute atomic E-state index is 11.9. The molecule has 0 fully saturated rings. The normalized spacial score (nSPS) is 10.0. The number of carbonyl (C=O) groups excluding carboxylic acids is 1. The van der Waals surface area contributed by atoms with Gasteiger partial charge in [0.2, 0.25) is 0 Å². The Balaban J connectivity index is 0.000000228. The summed E-state index contributed by atoms with van der Waals surface area (Å²) in [5, 5.41) is 9.29. The van der Waals surface area contributed by atoms with E-state index in [-0.39, 0.29) is 13.0 Å². The van der Waals surface area contributed by atoms with Gasteiger partial charge in [0.25, 0.3) is 0 Å². The number of carboxylic acids is 1. The van der Waals surface area contributed by atoms with Gasteiger partial charge in [-0.3, -0.25) is 0 Å². The molecule has 0 heterocycles. The number of hydrogen-bond acceptors (Lipinski definition) is 7. The lowest BCUT2D eigenvalue weighted by molar-refractivity contribution is 0.0598. The molecule has 0 bridgehead atoms. The highest BCUT2D eigenvalue weighted by Gasteiger charge is 2.12. The molecule has 8 nitrogen and oxygen atoms in total. The second-order valence-corrected chi connectivity index (χ2v) is 11.3. The van der Waals surface area contributed by atoms with Gasteiger partial charge in [-0.15, -0.1) is 0 Å². The minimum atomic E-state index is -1.02. The van der Waals surface area contributed by atoms with Crippen molar-refractivity contribution in [1.82, 2.24) is 0 Å². The molecule has 6 aromatic carbocycles. The van der Waals surface area contributed by atoms with Crippen LogP contribution in [0.15, 0.2) is 158 Å². The lowest BCUT2D eigenvalue weighted by Gasteiger charge is -2.12. The minimum Gasteiger partial charge on any atom is -0.489 e. The van der Waals surface area contributed by atoms with Gasteiger partial charge in [-0.25, -0.2) is 9.59 Å². The van der Waals surface area contributed by atoms with Gasteiger partial charge in [0.15, 0.2) is 0 Å². The summed E-state index contributed by atoms with van der Waals surface area (Å²) in [7, 11) is 1.35. The topological polar surface area (TPSA) is 101 Å². The predicted octanol–water partition coefficient (Wildman–Crippen LogP) is 9.81. The lowest BCUT2D eigenvalue weighted by Crippen LogP contribution is -2.04. The average Bonchev–Trinajstić information content (AvgIpc) is 3.19. The highest BCUT2D eigenvalue weighted by molar-refractivity contribution is 5.90. The van der Waals surface area contributed by atoms with E-state index in [0.717, 1.165) is 22.3 Å². The summed E-state index contributed by atoms with van der Waals surface area (Å²) in [6, 6.07) is 48.9. The van der Waals surface area contributed by atoms with E-state index in [1.807, 2.05) is 121 Å². The van der Waals surface area contributed by atoms with Gasteiger partial charge >= 0.3 is 11.9 Å². The van der Waals surface area contributed by atoms with Crippen molar-refractivity contribution in [2.45, 2.75) is 33.9 Å². The Labute approximate surface area is 304 Å². The first kappa shape index (κ1) is 38.3. The summed E-state index contributed by atoms with van der Waals surface area (Å²) in [6.45, 7) is 1.54. The van der Waals surface area contributed by atoms with E-state index in [1.165, 1.54) is 19.2 Å². The predicted molar refractivity (Wildman–Crippen MR) is 201 cm³/mol. The van der Waals surface area contributed by atoms with E-state index in [4.69, 9.17) is 23.7 Å². The van der Waals surface area contributed by atoms with Crippen molar-refractivity contribution in [3.8, 4) is 23.0 Å². The number of benzene rings is 6. The summed E-state index contributed by atoms with van der Waals surface area (Å²) in [4.78, 5) is 23.3. The van der Waals surface area contributed by atoms with Crippen molar-refractivity contribution in [2.24, 2.45) is 0 Å². The molecular weight excluding hydrogens is 656 g/mol. The lowest BCUT2D eigenvalue weighted by atomic mass is 10.2. The molecule has 0 aliphatic heterocycles. The molecule has 0 radical (unpaired) electrons. The standard InChI is InChI=1S/C22H20O4.C21H18O4.CH4/c1-24-22(23)19-12-20(25-15-17-8-4-2-5-9-17)14-21(13-19)26-16-18-10-6-3-7-11-18;22-21(23)18-11-19(24-14-16-7-3-1-4-8-16)13-20(12-18)25-15-17-9-5-2-6-10-17;/h2-14H,15-16H2,1H3;1-13H,14-15H2,(H,22,23);1H4. The largest absolute Gasteiger partial charge is 0.489 e. The summed E-state index contributed by atoms with van der Waals surface area (Å²) in [5.74, 6) is 0.590. The molecule has 8 heteroatoms. The van der Waals surface area contributed by atoms with Crippen molar-refractivity contribution in [1.29, 1.82) is 0 Å². The molecule has 0 unspecified atom stereocenters. The Kier molecular flexibility index (Phi) is 14.9. The summed E-state index contributed by atoms with van der Waals surface area (Å²) >= 11 is 0. The van der Waals surface area contributed by atoms with Gasteiger partial charge in [-0.05, 0) is 46.5 Å². The van der Waals surface area contributed by atoms with Gasteiger partial charge in [-0.2, -0.15) is 0 Å². The average molecular weight is 699 g/mol. The molecule has 6 aromatic rings. The molecule has 52 heavy (non-hydrogen) atoms. The Hall–Kier alpha value is -6.54. The van der Waals surface area contributed by atoms with E-state index >= 15 is 0 Å². The molecule has 0 spiro atoms. The Morgan fingerprint density at radius 3 is 0.962 bits per heavy atom. The van der Waals surface area contributed by atoms with Gasteiger partial charge in [0.1, 0.15) is 49.4 Å². The first-order valence-corrected chi connectivity index (χ1v) is 16.2. The minimum absolute atomic E-state index is 0. The van der Waals surface area contributed by atoms with Crippen LogP contribution in [0.1, 0.15) is 50.4 Å². The van der Waals surface area contributed by atoms with Crippen LogP contribution in [0.4, 0.5) is 0 Å². The zero-order valence-electron chi connectivity index (χ0n) is 28.1. The third kappa shape index (κ3) is 12.4. The van der Waals surface area contributed by atoms with Gasteiger partial charge < -0.3 is 28.8 Å². The molecule has 1 N–H and O–H groups in total. The highest BCUT2D eigenvalue weighted by atomic mass is 16.5. The molecular formula is C44H42O8. The van der Waals surface area contributed by atoms with E-state index in [2.05, 4.69) is 0 Å². The fraction of sp³-hybridized carbons (Fsp3) is 0.136. The summed E-state index contributed by atoms with van der Waals surface area (Å²) in [5.41, 5.74) is 4.63. The molecule has 0 amide bonds. The summed E-state index contributed by atoms with van der Waals surface area (Å²) in [6.07, 6.45) is 0. The third-order valence-corrected chi connectivity index (χ3v) is 7.42. The second-order valence-electron chi connectivity index (χ2n) is 11.3. The zero-order valence-corrected chi connectivity index (χ0v) is 28.1. The molecule has 6 rings (SSSR count). The number of ether oxygens (including phenoxy) is 5. The van der Waals surface area contributed by atoms with Crippen molar-refractivity contribution < 1.29 is 38.4 Å². The van der Waals surface area contributed by atoms with Gasteiger partial charge in [-0.1, -0.05) is 129 Å². The SMILES string of the molecule is C.COC(=O)c1cc(OCc2ccccc2)cc(OCc2ccccc2)c1.O=C(O)c1cc(OCc2ccccc2)cc(OCc2ccccc2)c1. The number of methoxy groups -OCH3 is 1. The number of carbonyl (C=O) groups is 2. The fourth-order valence-electron chi connectivity index (χ4n) is 4.80. The Morgan fingerprint density at radius 2 is 0.712 bits per heavy atom. The number of aromatic carboxylic acids is 1. The monoisotopic (exact) mass is 698 g/mol. The first-order valence-electron chi connectivity index (χ1n) is 16.2. The Bertz CT molecular complexity index is 1840. The van der Waals surface area contributed by atoms with E-state index in [0.29, 0.717) is 55.0 Å². The van der Waals surface area contributed by atoms with Crippen LogP contribution in [0.2, 0.25) is 0 Å². The number of esters is 1. The highest BCUT2D eigenvalue weighted by Crippen LogP contribution is 2.26. The maximum Gasteiger partial charge on any atom is 0.338 e. The van der Waals surface area contributed by atoms with E-state index in [9.17, 15) is 14.7 Å². The summed E-state index contributed by atoms with van der Waals surface area (Å²) < 4.78 is 28.0. The van der Waals surface area contributed by atoms with Crippen LogP contribution < -0.4 is 18.9 Å². The third-order valence-electron chi connectivity index (χ3n) is 7.42. The quantitative estimate of drug-likeness (QED) is 0.112. The zero-order chi connectivity index (χ0) is 35.7. The van der Waals surface area contributed by atoms with Crippen molar-refractivity contribution in [2.75, 3.05) is 7.11 Å². The number of rotatable bonds is 14. The van der Waals surface area contributed by atoms with Crippen LogP contribution in [0.3, 0.4) is 0 Å². The maximum atomic E-state index is 11.9. The van der Waals surface area contributed by atoms with Crippen LogP contribution in [0.5, 0.6) is 23.0 Å². The molecule has 0 saturated carbocycles. The van der Waals surface area contributed by atoms with Crippen molar-refractivity contribution in [3.63, 3.8) is 0 Å². The van der Waals surface area contributed by atoms with Crippen LogP contribution in [-0.4, -0.2) is 24.2 Å². The molecule has 0 saturated heterocycles. The smallest absolute Gasteiger partial charge is 0.338 e. The molecule has 0 atom stereocenters. The van der Waals surface area contributed by atoms with Crippen LogP contribution >= 0.6 is 0 Å². The number of carboxylic acid groups (broad SMARTS) is 1. The molecule has 0 aromatic heterocycles. The Morgan fingerprint density at radius 1 is 0.442 bits per heavy atom. The fourth-order valence-corrected chi connectivity index (χ4v) is 4.80. The molecule has 0 aliphatic rings. The van der Waals surface area contributed by atoms with Crippen molar-refractivity contribution in [3.05, 3.63) is 191 Å². The van der Waals surface area contributed by atoms with Crippen LogP contribution in [-0.2, 0) is 31.2 Å². The number of hydrogen-bond donors (Lipinski definition) is 1. The van der Waals surface area contributed by atoms with Crippen LogP contribution in [0, 0.1) is 0 Å². The van der Waals surface area contributed by atoms with Gasteiger partial charge in [0, 0.05) is 12.1 Å².